The van der Waals surface area contributed by atoms with Gasteiger partial charge in [0.15, 0.2) is 0 Å². The fraction of sp³-hybridized carbons (Fsp3) is 0.304. The molecule has 1 aromatic heterocycles. The summed E-state index contributed by atoms with van der Waals surface area (Å²) in [6.45, 7) is 5.49. The predicted molar refractivity (Wildman–Crippen MR) is 111 cm³/mol. The van der Waals surface area contributed by atoms with Gasteiger partial charge in [-0.05, 0) is 42.7 Å². The molecule has 4 rings (SSSR count). The summed E-state index contributed by atoms with van der Waals surface area (Å²) in [5.41, 5.74) is 3.35. The van der Waals surface area contributed by atoms with Crippen molar-refractivity contribution in [2.75, 3.05) is 6.54 Å². The van der Waals surface area contributed by atoms with E-state index in [4.69, 9.17) is 0 Å². The Morgan fingerprint density at radius 1 is 1.13 bits per heavy atom. The molecule has 5 nitrogen and oxygen atoms in total. The Hall–Kier alpha value is -3.13. The smallest absolute Gasteiger partial charge is 0.416 e. The minimum absolute atomic E-state index is 0.274. The third-order valence-corrected chi connectivity index (χ3v) is 5.59. The highest BCUT2D eigenvalue weighted by molar-refractivity contribution is 5.56. The van der Waals surface area contributed by atoms with E-state index in [1.807, 2.05) is 26.0 Å². The molecule has 8 heteroatoms. The zero-order valence-corrected chi connectivity index (χ0v) is 17.2. The molecule has 0 bridgehead atoms. The minimum Gasteiger partial charge on any atom is -0.507 e. The monoisotopic (exact) mass is 429 g/mol. The van der Waals surface area contributed by atoms with E-state index in [9.17, 15) is 23.1 Å². The van der Waals surface area contributed by atoms with Crippen LogP contribution in [0.15, 0.2) is 41.2 Å². The van der Waals surface area contributed by atoms with Crippen LogP contribution in [0.5, 0.6) is 5.75 Å². The number of halogens is 3. The second-order valence-electron chi connectivity index (χ2n) is 7.95. The van der Waals surface area contributed by atoms with Gasteiger partial charge in [-0.2, -0.15) is 13.2 Å². The fourth-order valence-electron chi connectivity index (χ4n) is 3.96. The third-order valence-electron chi connectivity index (χ3n) is 5.59. The quantitative estimate of drug-likeness (QED) is 0.650. The number of H-pyrrole nitrogens is 1. The van der Waals surface area contributed by atoms with Gasteiger partial charge in [-0.3, -0.25) is 9.69 Å². The van der Waals surface area contributed by atoms with Crippen LogP contribution in [0.2, 0.25) is 0 Å². The Bertz CT molecular complexity index is 1160. The van der Waals surface area contributed by atoms with E-state index in [1.165, 1.54) is 12.1 Å². The maximum absolute atomic E-state index is 12.8. The molecule has 0 atom stereocenters. The molecule has 0 unspecified atom stereocenters. The van der Waals surface area contributed by atoms with E-state index in [0.717, 1.165) is 28.8 Å². The first-order valence-corrected chi connectivity index (χ1v) is 9.93. The summed E-state index contributed by atoms with van der Waals surface area (Å²) in [5, 5.41) is 9.96. The number of hydrogen-bond acceptors (Lipinski definition) is 4. The summed E-state index contributed by atoms with van der Waals surface area (Å²) in [7, 11) is 0. The topological polar surface area (TPSA) is 69.2 Å². The van der Waals surface area contributed by atoms with Crippen LogP contribution in [-0.4, -0.2) is 26.5 Å². The molecule has 1 aliphatic rings. The number of nitrogens with one attached hydrogen (secondary N) is 1. The lowest BCUT2D eigenvalue weighted by Gasteiger charge is -2.28. The van der Waals surface area contributed by atoms with Crippen molar-refractivity contribution in [3.63, 3.8) is 0 Å². The first kappa shape index (κ1) is 21.1. The van der Waals surface area contributed by atoms with Gasteiger partial charge in [0, 0.05) is 31.6 Å². The number of phenolic OH excluding ortho intramolecular Hbond substituents is 1. The van der Waals surface area contributed by atoms with Crippen LogP contribution < -0.4 is 5.56 Å². The van der Waals surface area contributed by atoms with E-state index in [2.05, 4.69) is 14.9 Å². The van der Waals surface area contributed by atoms with Crippen LogP contribution in [0, 0.1) is 13.8 Å². The van der Waals surface area contributed by atoms with Gasteiger partial charge in [-0.25, -0.2) is 4.98 Å². The Balaban J connectivity index is 1.56. The van der Waals surface area contributed by atoms with Crippen molar-refractivity contribution < 1.29 is 18.3 Å². The number of rotatable bonds is 3. The molecule has 2 N–H and O–H groups in total. The summed E-state index contributed by atoms with van der Waals surface area (Å²) in [6.07, 6.45) is -3.84. The van der Waals surface area contributed by atoms with Gasteiger partial charge in [-0.1, -0.05) is 24.3 Å². The minimum atomic E-state index is -4.41. The first-order valence-electron chi connectivity index (χ1n) is 9.93. The van der Waals surface area contributed by atoms with Crippen molar-refractivity contribution in [1.29, 1.82) is 0 Å². The number of nitrogens with zero attached hydrogens (tertiary/aromatic N) is 2. The molecule has 0 saturated carbocycles. The Kier molecular flexibility index (Phi) is 5.35. The SMILES string of the molecule is Cc1cc(CN2CCc3nc(-c4ccc(C(F)(F)F)cc4)[nH]c(=O)c3C2)cc(C)c1O. The van der Waals surface area contributed by atoms with E-state index in [0.29, 0.717) is 48.6 Å². The van der Waals surface area contributed by atoms with E-state index < -0.39 is 11.7 Å². The summed E-state index contributed by atoms with van der Waals surface area (Å²) in [4.78, 5) is 22.1. The van der Waals surface area contributed by atoms with Gasteiger partial charge in [-0.15, -0.1) is 0 Å². The number of alkyl halides is 3. The Morgan fingerprint density at radius 2 is 1.77 bits per heavy atom. The lowest BCUT2D eigenvalue weighted by molar-refractivity contribution is -0.137. The predicted octanol–water partition coefficient (Wildman–Crippen LogP) is 4.34. The van der Waals surface area contributed by atoms with Crippen molar-refractivity contribution in [2.24, 2.45) is 0 Å². The third kappa shape index (κ3) is 4.34. The molecule has 2 heterocycles. The maximum atomic E-state index is 12.8. The number of aromatic amines is 1. The molecule has 0 spiro atoms. The summed E-state index contributed by atoms with van der Waals surface area (Å²) in [5.74, 6) is 0.569. The second-order valence-corrected chi connectivity index (χ2v) is 7.95. The normalized spacial score (nSPS) is 14.5. The summed E-state index contributed by atoms with van der Waals surface area (Å²) < 4.78 is 38.3. The zero-order valence-electron chi connectivity index (χ0n) is 17.2. The average Bonchev–Trinajstić information content (AvgIpc) is 2.72. The number of phenols is 1. The number of fused-ring (bicyclic) bond motifs is 1. The number of aryl methyl sites for hydroxylation is 2. The number of hydrogen-bond donors (Lipinski definition) is 2. The van der Waals surface area contributed by atoms with Gasteiger partial charge >= 0.3 is 6.18 Å². The molecule has 0 radical (unpaired) electrons. The van der Waals surface area contributed by atoms with Gasteiger partial charge in [0.2, 0.25) is 0 Å². The van der Waals surface area contributed by atoms with Crippen molar-refractivity contribution >= 4 is 0 Å². The van der Waals surface area contributed by atoms with Gasteiger partial charge in [0.25, 0.3) is 5.56 Å². The molecule has 162 valence electrons. The molecule has 0 saturated heterocycles. The van der Waals surface area contributed by atoms with Crippen LogP contribution in [0.4, 0.5) is 13.2 Å². The highest BCUT2D eigenvalue weighted by atomic mass is 19.4. The second kappa shape index (κ2) is 7.85. The fourth-order valence-corrected chi connectivity index (χ4v) is 3.96. The number of aromatic hydroxyl groups is 1. The van der Waals surface area contributed by atoms with Crippen LogP contribution in [0.3, 0.4) is 0 Å². The van der Waals surface area contributed by atoms with E-state index in [1.54, 1.807) is 0 Å². The summed E-state index contributed by atoms with van der Waals surface area (Å²) >= 11 is 0. The van der Waals surface area contributed by atoms with E-state index >= 15 is 0 Å². The highest BCUT2D eigenvalue weighted by Gasteiger charge is 2.30. The van der Waals surface area contributed by atoms with Crippen molar-refractivity contribution in [2.45, 2.75) is 39.5 Å². The van der Waals surface area contributed by atoms with Crippen molar-refractivity contribution in [3.05, 3.63) is 80.3 Å². The molecule has 0 amide bonds. The standard InChI is InChI=1S/C23H22F3N3O2/c1-13-9-15(10-14(2)20(13)30)11-29-8-7-19-18(12-29)22(31)28-21(27-19)16-3-5-17(6-4-16)23(24,25)26/h3-6,9-10,30H,7-8,11-12H2,1-2H3,(H,27,28,31). The van der Waals surface area contributed by atoms with Crippen molar-refractivity contribution in [1.82, 2.24) is 14.9 Å². The maximum Gasteiger partial charge on any atom is 0.416 e. The Labute approximate surface area is 177 Å². The van der Waals surface area contributed by atoms with E-state index in [-0.39, 0.29) is 11.4 Å². The summed E-state index contributed by atoms with van der Waals surface area (Å²) in [6, 6.07) is 8.48. The lowest BCUT2D eigenvalue weighted by Crippen LogP contribution is -2.35. The number of aromatic nitrogens is 2. The largest absolute Gasteiger partial charge is 0.507 e. The average molecular weight is 429 g/mol. The zero-order chi connectivity index (χ0) is 22.3. The van der Waals surface area contributed by atoms with Crippen LogP contribution >= 0.6 is 0 Å². The van der Waals surface area contributed by atoms with Gasteiger partial charge in [0.1, 0.15) is 11.6 Å². The molecule has 3 aromatic rings. The van der Waals surface area contributed by atoms with Gasteiger partial charge in [0.05, 0.1) is 16.8 Å². The molecule has 31 heavy (non-hydrogen) atoms. The number of benzene rings is 2. The molecule has 0 fully saturated rings. The molecule has 0 aliphatic carbocycles. The van der Waals surface area contributed by atoms with Gasteiger partial charge < -0.3 is 10.1 Å². The van der Waals surface area contributed by atoms with Crippen LogP contribution in [-0.2, 0) is 25.7 Å². The highest BCUT2D eigenvalue weighted by Crippen LogP contribution is 2.30. The van der Waals surface area contributed by atoms with Crippen LogP contribution in [0.25, 0.3) is 11.4 Å². The first-order chi connectivity index (χ1) is 14.6. The molecular weight excluding hydrogens is 407 g/mol. The van der Waals surface area contributed by atoms with Crippen molar-refractivity contribution in [3.8, 4) is 17.1 Å². The lowest BCUT2D eigenvalue weighted by atomic mass is 10.0. The van der Waals surface area contributed by atoms with Crippen LogP contribution in [0.1, 0.15) is 33.5 Å². The Morgan fingerprint density at radius 3 is 2.39 bits per heavy atom. The molecule has 2 aromatic carbocycles. The molecular formula is C23H22F3N3O2. The molecule has 1 aliphatic heterocycles.